The first-order valence-electron chi connectivity index (χ1n) is 3.21. The number of hydrogen-bond acceptors (Lipinski definition) is 3. The Labute approximate surface area is 88.7 Å². The summed E-state index contributed by atoms with van der Waals surface area (Å²) in [4.78, 5) is 10.4. The Hall–Kier alpha value is 0.170. The Bertz CT molecular complexity index is 114. The molecule has 0 spiro atoms. The van der Waals surface area contributed by atoms with Crippen LogP contribution >= 0.6 is 0 Å². The third-order valence-corrected chi connectivity index (χ3v) is 0.963. The van der Waals surface area contributed by atoms with Gasteiger partial charge in [-0.3, -0.25) is 0 Å². The van der Waals surface area contributed by atoms with Gasteiger partial charge in [-0.05, 0) is 12.8 Å². The second-order valence-corrected chi connectivity index (χ2v) is 1.80. The number of carbonyl (C=O) groups is 1. The number of carbonyl (C=O) groups excluding carboxylic acids is 1. The van der Waals surface area contributed by atoms with E-state index in [-0.39, 0.29) is 36.2 Å². The van der Waals surface area contributed by atoms with E-state index < -0.39 is 5.97 Å². The molecule has 0 aliphatic rings. The molecule has 60 valence electrons. The first kappa shape index (κ1) is 13.7. The van der Waals surface area contributed by atoms with Crippen molar-refractivity contribution in [2.45, 2.75) is 12.8 Å². The van der Waals surface area contributed by atoms with Crippen LogP contribution in [0, 0.1) is 0 Å². The minimum absolute atomic E-state index is 0. The van der Waals surface area contributed by atoms with Crippen LogP contribution in [0.5, 0.6) is 0 Å². The van der Waals surface area contributed by atoms with Crippen LogP contribution in [0.25, 0.3) is 0 Å². The quantitative estimate of drug-likeness (QED) is 0.268. The van der Waals surface area contributed by atoms with Crippen LogP contribution in [-0.4, -0.2) is 53.8 Å². The number of rotatable bonds is 5. The van der Waals surface area contributed by atoms with E-state index in [4.69, 9.17) is 5.11 Å². The Morgan fingerprint density at radius 2 is 2.18 bits per heavy atom. The molecule has 1 N–H and O–H groups in total. The third kappa shape index (κ3) is 10.2. The van der Waals surface area contributed by atoms with Gasteiger partial charge in [0.25, 0.3) is 0 Å². The van der Waals surface area contributed by atoms with Crippen molar-refractivity contribution < 1.29 is 14.6 Å². The standard InChI is InChI=1S/C7H12O3.Na.H/c1-2-7(9)10-6-4-3-5-8;;/h2,8H,1,3-6H2;;. The summed E-state index contributed by atoms with van der Waals surface area (Å²) in [7, 11) is 0. The van der Waals surface area contributed by atoms with Gasteiger partial charge in [-0.1, -0.05) is 6.58 Å². The molecule has 0 amide bonds. The van der Waals surface area contributed by atoms with Crippen molar-refractivity contribution in [3.63, 3.8) is 0 Å². The van der Waals surface area contributed by atoms with Gasteiger partial charge >= 0.3 is 35.5 Å². The van der Waals surface area contributed by atoms with Gasteiger partial charge in [0.15, 0.2) is 0 Å². The van der Waals surface area contributed by atoms with E-state index in [2.05, 4.69) is 11.3 Å². The fourth-order valence-corrected chi connectivity index (χ4v) is 0.446. The molecule has 11 heavy (non-hydrogen) atoms. The van der Waals surface area contributed by atoms with Gasteiger partial charge in [-0.2, -0.15) is 0 Å². The molecule has 0 radical (unpaired) electrons. The normalized spacial score (nSPS) is 8.09. The molecule has 0 unspecified atom stereocenters. The van der Waals surface area contributed by atoms with E-state index in [1.54, 1.807) is 0 Å². The average molecular weight is 168 g/mol. The Morgan fingerprint density at radius 1 is 1.55 bits per heavy atom. The summed E-state index contributed by atoms with van der Waals surface area (Å²) >= 11 is 0. The van der Waals surface area contributed by atoms with Crippen molar-refractivity contribution >= 4 is 35.5 Å². The zero-order chi connectivity index (χ0) is 7.82. The predicted molar refractivity (Wildman–Crippen MR) is 44.6 cm³/mol. The molecule has 4 heteroatoms. The molecule has 0 aromatic rings. The van der Waals surface area contributed by atoms with Crippen molar-refractivity contribution in [3.8, 4) is 0 Å². The molecule has 0 aromatic carbocycles. The van der Waals surface area contributed by atoms with Crippen LogP contribution in [0.1, 0.15) is 12.8 Å². The summed E-state index contributed by atoms with van der Waals surface area (Å²) in [6.07, 6.45) is 2.50. The van der Waals surface area contributed by atoms with Gasteiger partial charge < -0.3 is 9.84 Å². The van der Waals surface area contributed by atoms with Crippen molar-refractivity contribution in [2.24, 2.45) is 0 Å². The topological polar surface area (TPSA) is 46.5 Å². The van der Waals surface area contributed by atoms with Gasteiger partial charge in [-0.15, -0.1) is 0 Å². The van der Waals surface area contributed by atoms with E-state index in [1.165, 1.54) is 0 Å². The Morgan fingerprint density at radius 3 is 2.64 bits per heavy atom. The molecule has 0 aliphatic carbocycles. The van der Waals surface area contributed by atoms with E-state index >= 15 is 0 Å². The van der Waals surface area contributed by atoms with Crippen molar-refractivity contribution in [1.29, 1.82) is 0 Å². The molecular formula is C7H13NaO3. The van der Waals surface area contributed by atoms with E-state index in [9.17, 15) is 4.79 Å². The fraction of sp³-hybridized carbons (Fsp3) is 0.571. The van der Waals surface area contributed by atoms with E-state index in [0.717, 1.165) is 6.08 Å². The number of aliphatic hydroxyl groups excluding tert-OH is 1. The predicted octanol–water partition coefficient (Wildman–Crippen LogP) is -0.160. The molecule has 0 heterocycles. The van der Waals surface area contributed by atoms with Gasteiger partial charge in [0.05, 0.1) is 6.61 Å². The van der Waals surface area contributed by atoms with Crippen molar-refractivity contribution in [2.75, 3.05) is 13.2 Å². The first-order chi connectivity index (χ1) is 4.81. The van der Waals surface area contributed by atoms with E-state index in [1.807, 2.05) is 0 Å². The summed E-state index contributed by atoms with van der Waals surface area (Å²) < 4.78 is 4.63. The zero-order valence-corrected chi connectivity index (χ0v) is 5.88. The minimum atomic E-state index is -0.405. The van der Waals surface area contributed by atoms with Crippen LogP contribution in [0.15, 0.2) is 12.7 Å². The molecule has 0 saturated carbocycles. The molecule has 0 fully saturated rings. The molecule has 0 bridgehead atoms. The van der Waals surface area contributed by atoms with Crippen LogP contribution < -0.4 is 0 Å². The zero-order valence-electron chi connectivity index (χ0n) is 5.88. The summed E-state index contributed by atoms with van der Waals surface area (Å²) in [6, 6.07) is 0. The van der Waals surface area contributed by atoms with Crippen molar-refractivity contribution in [1.82, 2.24) is 0 Å². The number of aliphatic hydroxyl groups is 1. The van der Waals surface area contributed by atoms with Gasteiger partial charge in [-0.25, -0.2) is 4.79 Å². The SMILES string of the molecule is C=CC(=O)OCCCCO.[NaH]. The number of unbranched alkanes of at least 4 members (excludes halogenated alkanes) is 1. The number of hydrogen-bond donors (Lipinski definition) is 1. The molecule has 3 nitrogen and oxygen atoms in total. The summed E-state index contributed by atoms with van der Waals surface area (Å²) in [5, 5.41) is 8.33. The van der Waals surface area contributed by atoms with Gasteiger partial charge in [0.2, 0.25) is 0 Å². The summed E-state index contributed by atoms with van der Waals surface area (Å²) in [6.45, 7) is 3.75. The van der Waals surface area contributed by atoms with Gasteiger partial charge in [0.1, 0.15) is 0 Å². The summed E-state index contributed by atoms with van der Waals surface area (Å²) in [5.74, 6) is -0.405. The monoisotopic (exact) mass is 168 g/mol. The maximum atomic E-state index is 10.4. The molecule has 0 aromatic heterocycles. The van der Waals surface area contributed by atoms with Crippen LogP contribution in [0.4, 0.5) is 0 Å². The average Bonchev–Trinajstić information content (AvgIpc) is 1.98. The number of ether oxygens (including phenoxy) is 1. The maximum absolute atomic E-state index is 10.4. The van der Waals surface area contributed by atoms with Gasteiger partial charge in [0, 0.05) is 12.7 Å². The Kier molecular flexibility index (Phi) is 12.7. The molecule has 0 aliphatic heterocycles. The molecule has 0 rings (SSSR count). The van der Waals surface area contributed by atoms with Crippen molar-refractivity contribution in [3.05, 3.63) is 12.7 Å². The van der Waals surface area contributed by atoms with Crippen LogP contribution in [0.3, 0.4) is 0 Å². The summed E-state index contributed by atoms with van der Waals surface area (Å²) in [5.41, 5.74) is 0. The molecular weight excluding hydrogens is 155 g/mol. The molecule has 0 atom stereocenters. The molecule has 0 saturated heterocycles. The first-order valence-corrected chi connectivity index (χ1v) is 3.21. The third-order valence-electron chi connectivity index (χ3n) is 0.963. The second kappa shape index (κ2) is 10.2. The fourth-order valence-electron chi connectivity index (χ4n) is 0.446. The van der Waals surface area contributed by atoms with E-state index in [0.29, 0.717) is 19.4 Å². The second-order valence-electron chi connectivity index (χ2n) is 1.80. The Balaban J connectivity index is 0. The van der Waals surface area contributed by atoms with Crippen LogP contribution in [-0.2, 0) is 9.53 Å². The van der Waals surface area contributed by atoms with Crippen LogP contribution in [0.2, 0.25) is 0 Å². The number of esters is 1.